The fourth-order valence-electron chi connectivity index (χ4n) is 4.73. The summed E-state index contributed by atoms with van der Waals surface area (Å²) >= 11 is 0. The largest absolute Gasteiger partial charge is 0.463 e. The Kier molecular flexibility index (Phi) is 3.53. The first kappa shape index (κ1) is 18.2. The first-order chi connectivity index (χ1) is 13.6. The van der Waals surface area contributed by atoms with E-state index < -0.39 is 15.8 Å². The highest BCUT2D eigenvalue weighted by Gasteiger charge is 2.57. The monoisotopic (exact) mass is 407 g/mol. The molecule has 0 aliphatic carbocycles. The average molecular weight is 407 g/mol. The zero-order chi connectivity index (χ0) is 20.6. The van der Waals surface area contributed by atoms with Gasteiger partial charge in [0, 0.05) is 18.3 Å². The zero-order valence-electron chi connectivity index (χ0n) is 16.4. The van der Waals surface area contributed by atoms with Crippen LogP contribution in [0.15, 0.2) is 65.6 Å². The molecule has 0 fully saturated rings. The molecule has 5 rings (SSSR count). The minimum Gasteiger partial charge on any atom is -0.463 e. The van der Waals surface area contributed by atoms with Crippen molar-refractivity contribution < 1.29 is 17.7 Å². The zero-order valence-corrected chi connectivity index (χ0v) is 17.2. The third-order valence-corrected chi connectivity index (χ3v) is 7.21. The third kappa shape index (κ3) is 2.33. The van der Waals surface area contributed by atoms with Gasteiger partial charge in [0.05, 0.1) is 10.3 Å². The molecule has 0 radical (unpaired) electrons. The molecule has 3 aromatic rings. The van der Waals surface area contributed by atoms with Gasteiger partial charge in [-0.3, -0.25) is 4.55 Å². The van der Waals surface area contributed by atoms with Gasteiger partial charge < -0.3 is 9.64 Å². The molecule has 148 valence electrons. The lowest BCUT2D eigenvalue weighted by molar-refractivity contribution is 0.0584. The highest BCUT2D eigenvalue weighted by atomic mass is 32.2. The molecule has 0 amide bonds. The Morgan fingerprint density at radius 2 is 1.79 bits per heavy atom. The van der Waals surface area contributed by atoms with E-state index in [1.165, 1.54) is 17.7 Å². The molecule has 2 aliphatic rings. The molecule has 29 heavy (non-hydrogen) atoms. The Morgan fingerprint density at radius 3 is 2.52 bits per heavy atom. The molecular formula is C23H21NO4S. The van der Waals surface area contributed by atoms with Crippen LogP contribution in [0.25, 0.3) is 16.8 Å². The molecule has 2 heterocycles. The van der Waals surface area contributed by atoms with E-state index in [-0.39, 0.29) is 10.3 Å². The number of nitrogens with zero attached hydrogens (tertiary/aromatic N) is 1. The molecule has 0 aromatic heterocycles. The van der Waals surface area contributed by atoms with Gasteiger partial charge in [0.2, 0.25) is 5.72 Å². The van der Waals surface area contributed by atoms with E-state index in [4.69, 9.17) is 4.74 Å². The van der Waals surface area contributed by atoms with E-state index in [2.05, 4.69) is 43.0 Å². The second kappa shape index (κ2) is 5.62. The van der Waals surface area contributed by atoms with E-state index in [1.54, 1.807) is 6.07 Å². The van der Waals surface area contributed by atoms with E-state index in [0.717, 1.165) is 27.8 Å². The lowest BCUT2D eigenvalue weighted by Crippen LogP contribution is -2.58. The number of para-hydroxylation sites is 1. The summed E-state index contributed by atoms with van der Waals surface area (Å²) in [5.74, 6) is 0.743. The fraction of sp³-hybridized carbons (Fsp3) is 0.217. The lowest BCUT2D eigenvalue weighted by atomic mass is 9.76. The van der Waals surface area contributed by atoms with Crippen LogP contribution in [-0.4, -0.2) is 25.7 Å². The van der Waals surface area contributed by atoms with Gasteiger partial charge in [-0.25, -0.2) is 0 Å². The summed E-state index contributed by atoms with van der Waals surface area (Å²) in [4.78, 5) is 2.06. The topological polar surface area (TPSA) is 66.8 Å². The van der Waals surface area contributed by atoms with E-state index in [1.807, 2.05) is 31.3 Å². The fourth-order valence-corrected chi connectivity index (χ4v) is 5.25. The number of benzene rings is 3. The van der Waals surface area contributed by atoms with Crippen molar-refractivity contribution in [2.24, 2.45) is 0 Å². The van der Waals surface area contributed by atoms with Gasteiger partial charge in [0.25, 0.3) is 10.1 Å². The standard InChI is InChI=1S/C23H21NO4S/c1-22(2)19-6-4-5-7-20(19)24(3)23(22)13-12-18-17-10-9-16(29(25,26)27)14-15(17)8-11-21(18)28-23/h4-14H,1-3H3,(H,25,26,27). The highest BCUT2D eigenvalue weighted by molar-refractivity contribution is 7.85. The summed E-state index contributed by atoms with van der Waals surface area (Å²) in [5, 5.41) is 1.60. The average Bonchev–Trinajstić information content (AvgIpc) is 2.85. The van der Waals surface area contributed by atoms with Gasteiger partial charge >= 0.3 is 0 Å². The Hall–Kier alpha value is -2.83. The molecule has 0 saturated heterocycles. The van der Waals surface area contributed by atoms with Crippen LogP contribution >= 0.6 is 0 Å². The number of fused-ring (bicyclic) bond motifs is 4. The molecule has 3 aromatic carbocycles. The Morgan fingerprint density at radius 1 is 1.03 bits per heavy atom. The molecule has 6 heteroatoms. The van der Waals surface area contributed by atoms with E-state index in [9.17, 15) is 13.0 Å². The van der Waals surface area contributed by atoms with Crippen molar-refractivity contribution in [1.82, 2.24) is 0 Å². The molecular weight excluding hydrogens is 386 g/mol. The summed E-state index contributed by atoms with van der Waals surface area (Å²) in [6, 6.07) is 16.6. The van der Waals surface area contributed by atoms with Gasteiger partial charge in [-0.2, -0.15) is 8.42 Å². The molecule has 1 unspecified atom stereocenters. The van der Waals surface area contributed by atoms with Crippen molar-refractivity contribution in [2.75, 3.05) is 11.9 Å². The SMILES string of the molecule is CN1c2ccccc2C(C)(C)C12C=Cc1c(ccc3cc(S(=O)(=O)O)ccc13)O2. The molecule has 1 atom stereocenters. The molecule has 1 spiro atoms. The second-order valence-electron chi connectivity index (χ2n) is 8.17. The van der Waals surface area contributed by atoms with Crippen LogP contribution in [0, 0.1) is 0 Å². The van der Waals surface area contributed by atoms with Gasteiger partial charge in [-0.05, 0) is 66.6 Å². The Balaban J connectivity index is 1.67. The summed E-state index contributed by atoms with van der Waals surface area (Å²) in [6.07, 6.45) is 4.14. The van der Waals surface area contributed by atoms with Crippen LogP contribution in [0.3, 0.4) is 0 Å². The second-order valence-corrected chi connectivity index (χ2v) is 9.59. The van der Waals surface area contributed by atoms with Crippen molar-refractivity contribution in [3.8, 4) is 5.75 Å². The van der Waals surface area contributed by atoms with Crippen LogP contribution in [-0.2, 0) is 15.5 Å². The summed E-state index contributed by atoms with van der Waals surface area (Å²) < 4.78 is 38.9. The maximum absolute atomic E-state index is 11.5. The first-order valence-electron chi connectivity index (χ1n) is 9.41. The maximum atomic E-state index is 11.5. The quantitative estimate of drug-likeness (QED) is 0.597. The predicted molar refractivity (Wildman–Crippen MR) is 114 cm³/mol. The molecule has 0 saturated carbocycles. The minimum absolute atomic E-state index is 0.116. The molecule has 5 nitrogen and oxygen atoms in total. The van der Waals surface area contributed by atoms with Gasteiger partial charge in [-0.1, -0.05) is 30.3 Å². The molecule has 1 N–H and O–H groups in total. The molecule has 0 bridgehead atoms. The Labute approximate surface area is 170 Å². The van der Waals surface area contributed by atoms with E-state index >= 15 is 0 Å². The van der Waals surface area contributed by atoms with Crippen LogP contribution < -0.4 is 9.64 Å². The Bertz CT molecular complexity index is 1310. The summed E-state index contributed by atoms with van der Waals surface area (Å²) in [7, 11) is -2.20. The van der Waals surface area contributed by atoms with Crippen LogP contribution in [0.4, 0.5) is 5.69 Å². The van der Waals surface area contributed by atoms with Crippen LogP contribution in [0.5, 0.6) is 5.75 Å². The van der Waals surface area contributed by atoms with Gasteiger partial charge in [0.15, 0.2) is 0 Å². The van der Waals surface area contributed by atoms with Crippen LogP contribution in [0.2, 0.25) is 0 Å². The van der Waals surface area contributed by atoms with Crippen molar-refractivity contribution in [2.45, 2.75) is 29.9 Å². The number of anilines is 1. The first-order valence-corrected chi connectivity index (χ1v) is 10.8. The van der Waals surface area contributed by atoms with Crippen molar-refractivity contribution in [1.29, 1.82) is 0 Å². The number of hydrogen-bond donors (Lipinski definition) is 1. The normalized spacial score (nSPS) is 21.9. The van der Waals surface area contributed by atoms with Gasteiger partial charge in [0.1, 0.15) is 5.75 Å². The third-order valence-electron chi connectivity index (χ3n) is 6.36. The predicted octanol–water partition coefficient (Wildman–Crippen LogP) is 4.62. The number of rotatable bonds is 1. The highest BCUT2D eigenvalue weighted by Crippen LogP contribution is 2.54. The minimum atomic E-state index is -4.24. The lowest BCUT2D eigenvalue weighted by Gasteiger charge is -2.46. The van der Waals surface area contributed by atoms with Crippen molar-refractivity contribution in [3.05, 3.63) is 71.8 Å². The number of likely N-dealkylation sites (N-methyl/N-ethyl adjacent to an activating group) is 1. The summed E-state index contributed by atoms with van der Waals surface area (Å²) in [6.45, 7) is 4.37. The maximum Gasteiger partial charge on any atom is 0.294 e. The number of hydrogen-bond acceptors (Lipinski definition) is 4. The van der Waals surface area contributed by atoms with Crippen molar-refractivity contribution >= 4 is 32.7 Å². The molecule has 2 aliphatic heterocycles. The van der Waals surface area contributed by atoms with Gasteiger partial charge in [-0.15, -0.1) is 0 Å². The van der Waals surface area contributed by atoms with Crippen LogP contribution in [0.1, 0.15) is 25.0 Å². The summed E-state index contributed by atoms with van der Waals surface area (Å²) in [5.41, 5.74) is 2.33. The number of ether oxygens (including phenoxy) is 1. The van der Waals surface area contributed by atoms with E-state index in [0.29, 0.717) is 0 Å². The smallest absolute Gasteiger partial charge is 0.294 e. The van der Waals surface area contributed by atoms with Crippen molar-refractivity contribution in [3.63, 3.8) is 0 Å².